The molecule has 0 saturated heterocycles. The van der Waals surface area contributed by atoms with Crippen LogP contribution in [0.1, 0.15) is 29.6 Å². The zero-order valence-corrected chi connectivity index (χ0v) is 9.85. The van der Waals surface area contributed by atoms with Crippen molar-refractivity contribution in [2.24, 2.45) is 5.92 Å². The number of carboxylic acids is 1. The Bertz CT molecular complexity index is 587. The lowest BCUT2D eigenvalue weighted by Gasteiger charge is -1.98. The second-order valence-electron chi connectivity index (χ2n) is 4.67. The largest absolute Gasteiger partial charge is 0.478 e. The van der Waals surface area contributed by atoms with Gasteiger partial charge in [-0.3, -0.25) is 0 Å². The van der Waals surface area contributed by atoms with Crippen molar-refractivity contribution in [1.29, 1.82) is 0 Å². The molecule has 5 heteroatoms. The summed E-state index contributed by atoms with van der Waals surface area (Å²) in [6.07, 6.45) is 3.80. The van der Waals surface area contributed by atoms with E-state index in [0.717, 1.165) is 18.9 Å². The predicted octanol–water partition coefficient (Wildman–Crippen LogP) is 2.74. The molecule has 2 aromatic rings. The predicted molar refractivity (Wildman–Crippen MR) is 66.8 cm³/mol. The Morgan fingerprint density at radius 3 is 3.06 bits per heavy atom. The Kier molecular flexibility index (Phi) is 2.66. The summed E-state index contributed by atoms with van der Waals surface area (Å²) < 4.78 is 5.48. The molecule has 94 valence electrons. The minimum Gasteiger partial charge on any atom is -0.478 e. The summed E-state index contributed by atoms with van der Waals surface area (Å²) in [7, 11) is 0. The van der Waals surface area contributed by atoms with E-state index in [9.17, 15) is 4.79 Å². The first-order valence-corrected chi connectivity index (χ1v) is 6.10. The Hall–Kier alpha value is -2.04. The van der Waals surface area contributed by atoms with E-state index in [2.05, 4.69) is 10.3 Å². The highest BCUT2D eigenvalue weighted by Gasteiger charge is 2.20. The number of carboxylic acid groups (broad SMARTS) is 1. The second-order valence-corrected chi connectivity index (χ2v) is 4.67. The van der Waals surface area contributed by atoms with Crippen molar-refractivity contribution in [3.05, 3.63) is 23.8 Å². The molecular weight excluding hydrogens is 232 g/mol. The quantitative estimate of drug-likeness (QED) is 0.848. The van der Waals surface area contributed by atoms with Crippen LogP contribution in [0.4, 0.5) is 6.01 Å². The summed E-state index contributed by atoms with van der Waals surface area (Å²) in [5, 5.41) is 12.0. The van der Waals surface area contributed by atoms with Crippen molar-refractivity contribution in [1.82, 2.24) is 4.98 Å². The lowest BCUT2D eigenvalue weighted by atomic mass is 10.2. The van der Waals surface area contributed by atoms with Crippen LogP contribution < -0.4 is 5.32 Å². The summed E-state index contributed by atoms with van der Waals surface area (Å²) in [5.41, 5.74) is 1.39. The molecule has 1 saturated carbocycles. The standard InChI is InChI=1S/C13H14N2O3/c16-12(17)9-3-4-10-11(7-9)18-13(15-10)14-6-5-8-1-2-8/h3-4,7-8H,1-2,5-6H2,(H,14,15)(H,16,17). The van der Waals surface area contributed by atoms with Crippen LogP contribution in [-0.2, 0) is 0 Å². The fourth-order valence-electron chi connectivity index (χ4n) is 1.92. The number of nitrogens with one attached hydrogen (secondary N) is 1. The van der Waals surface area contributed by atoms with Gasteiger partial charge in [-0.2, -0.15) is 4.98 Å². The van der Waals surface area contributed by atoms with Crippen molar-refractivity contribution in [2.45, 2.75) is 19.3 Å². The number of rotatable bonds is 5. The van der Waals surface area contributed by atoms with Crippen LogP contribution >= 0.6 is 0 Å². The summed E-state index contributed by atoms with van der Waals surface area (Å²) >= 11 is 0. The summed E-state index contributed by atoms with van der Waals surface area (Å²) in [5.74, 6) is -0.1000. The van der Waals surface area contributed by atoms with Gasteiger partial charge in [-0.05, 0) is 30.5 Å². The van der Waals surface area contributed by atoms with E-state index in [1.807, 2.05) is 0 Å². The molecule has 18 heavy (non-hydrogen) atoms. The van der Waals surface area contributed by atoms with Crippen LogP contribution in [0.25, 0.3) is 11.1 Å². The molecule has 1 aliphatic carbocycles. The molecular formula is C13H14N2O3. The van der Waals surface area contributed by atoms with Crippen LogP contribution in [-0.4, -0.2) is 22.6 Å². The van der Waals surface area contributed by atoms with E-state index in [4.69, 9.17) is 9.52 Å². The van der Waals surface area contributed by atoms with E-state index < -0.39 is 5.97 Å². The molecule has 0 unspecified atom stereocenters. The van der Waals surface area contributed by atoms with E-state index in [0.29, 0.717) is 17.1 Å². The fraction of sp³-hybridized carbons (Fsp3) is 0.385. The number of aromatic carboxylic acids is 1. The van der Waals surface area contributed by atoms with Crippen LogP contribution in [0.15, 0.2) is 22.6 Å². The number of carbonyl (C=O) groups is 1. The molecule has 1 fully saturated rings. The van der Waals surface area contributed by atoms with Gasteiger partial charge in [0.05, 0.1) is 5.56 Å². The van der Waals surface area contributed by atoms with Gasteiger partial charge in [0.25, 0.3) is 6.01 Å². The average Bonchev–Trinajstić information content (AvgIpc) is 3.07. The molecule has 2 N–H and O–H groups in total. The number of aromatic nitrogens is 1. The van der Waals surface area contributed by atoms with Crippen LogP contribution in [0.5, 0.6) is 0 Å². The molecule has 3 rings (SSSR count). The molecule has 1 aromatic heterocycles. The fourth-order valence-corrected chi connectivity index (χ4v) is 1.92. The van der Waals surface area contributed by atoms with Gasteiger partial charge in [-0.25, -0.2) is 4.79 Å². The third-order valence-corrected chi connectivity index (χ3v) is 3.16. The van der Waals surface area contributed by atoms with E-state index in [1.54, 1.807) is 6.07 Å². The van der Waals surface area contributed by atoms with Crippen molar-refractivity contribution >= 4 is 23.1 Å². The Balaban J connectivity index is 1.74. The average molecular weight is 246 g/mol. The number of fused-ring (bicyclic) bond motifs is 1. The zero-order valence-electron chi connectivity index (χ0n) is 9.85. The zero-order chi connectivity index (χ0) is 12.5. The van der Waals surface area contributed by atoms with Gasteiger partial charge >= 0.3 is 5.97 Å². The Morgan fingerprint density at radius 1 is 1.50 bits per heavy atom. The van der Waals surface area contributed by atoms with E-state index >= 15 is 0 Å². The molecule has 1 aliphatic rings. The van der Waals surface area contributed by atoms with Gasteiger partial charge in [0, 0.05) is 6.54 Å². The summed E-state index contributed by atoms with van der Waals surface area (Å²) in [4.78, 5) is 15.1. The number of oxazole rings is 1. The van der Waals surface area contributed by atoms with Crippen LogP contribution in [0.3, 0.4) is 0 Å². The molecule has 0 aliphatic heterocycles. The van der Waals surface area contributed by atoms with Gasteiger partial charge < -0.3 is 14.8 Å². The highest BCUT2D eigenvalue weighted by molar-refractivity contribution is 5.92. The minimum atomic E-state index is -0.962. The molecule has 0 radical (unpaired) electrons. The van der Waals surface area contributed by atoms with E-state index in [-0.39, 0.29) is 5.56 Å². The topological polar surface area (TPSA) is 75.4 Å². The summed E-state index contributed by atoms with van der Waals surface area (Å²) in [6, 6.07) is 5.15. The lowest BCUT2D eigenvalue weighted by molar-refractivity contribution is 0.0697. The number of nitrogens with zero attached hydrogens (tertiary/aromatic N) is 1. The highest BCUT2D eigenvalue weighted by Crippen LogP contribution is 2.32. The van der Waals surface area contributed by atoms with Crippen molar-refractivity contribution in [3.8, 4) is 0 Å². The second kappa shape index (κ2) is 4.33. The molecule has 0 bridgehead atoms. The van der Waals surface area contributed by atoms with Crippen LogP contribution in [0, 0.1) is 5.92 Å². The highest BCUT2D eigenvalue weighted by atomic mass is 16.4. The summed E-state index contributed by atoms with van der Waals surface area (Å²) in [6.45, 7) is 0.850. The maximum absolute atomic E-state index is 10.8. The van der Waals surface area contributed by atoms with Gasteiger partial charge in [-0.1, -0.05) is 12.8 Å². The first-order valence-electron chi connectivity index (χ1n) is 6.10. The Morgan fingerprint density at radius 2 is 2.33 bits per heavy atom. The first kappa shape index (κ1) is 11.1. The van der Waals surface area contributed by atoms with Crippen molar-refractivity contribution in [3.63, 3.8) is 0 Å². The van der Waals surface area contributed by atoms with Crippen molar-refractivity contribution in [2.75, 3.05) is 11.9 Å². The molecule has 5 nitrogen and oxygen atoms in total. The molecule has 0 spiro atoms. The van der Waals surface area contributed by atoms with E-state index in [1.165, 1.54) is 25.0 Å². The number of anilines is 1. The SMILES string of the molecule is O=C(O)c1ccc2nc(NCCC3CC3)oc2c1. The normalized spacial score (nSPS) is 14.9. The third kappa shape index (κ3) is 2.30. The molecule has 0 atom stereocenters. The van der Waals surface area contributed by atoms with Gasteiger partial charge in [0.15, 0.2) is 5.58 Å². The van der Waals surface area contributed by atoms with Crippen molar-refractivity contribution < 1.29 is 14.3 Å². The number of benzene rings is 1. The third-order valence-electron chi connectivity index (χ3n) is 3.16. The van der Waals surface area contributed by atoms with Gasteiger partial charge in [-0.15, -0.1) is 0 Å². The maximum Gasteiger partial charge on any atom is 0.335 e. The molecule has 0 amide bonds. The molecule has 1 aromatic carbocycles. The lowest BCUT2D eigenvalue weighted by Crippen LogP contribution is -2.01. The monoisotopic (exact) mass is 246 g/mol. The number of hydrogen-bond donors (Lipinski definition) is 2. The van der Waals surface area contributed by atoms with Gasteiger partial charge in [0.2, 0.25) is 0 Å². The maximum atomic E-state index is 10.8. The van der Waals surface area contributed by atoms with Gasteiger partial charge in [0.1, 0.15) is 5.52 Å². The Labute approximate surface area is 104 Å². The number of hydrogen-bond acceptors (Lipinski definition) is 4. The minimum absolute atomic E-state index is 0.211. The molecule has 1 heterocycles. The first-order chi connectivity index (χ1) is 8.72. The van der Waals surface area contributed by atoms with Crippen LogP contribution in [0.2, 0.25) is 0 Å². The smallest absolute Gasteiger partial charge is 0.335 e.